The lowest BCUT2D eigenvalue weighted by Gasteiger charge is -2.14. The second-order valence-corrected chi connectivity index (χ2v) is 3.44. The fourth-order valence-electron chi connectivity index (χ4n) is 1.43. The van der Waals surface area contributed by atoms with Gasteiger partial charge in [0.2, 0.25) is 0 Å². The number of rotatable bonds is 6. The molecule has 5 heteroatoms. The molecule has 96 valence electrons. The summed E-state index contributed by atoms with van der Waals surface area (Å²) in [5, 5.41) is 9.65. The molecule has 0 aliphatic heterocycles. The Labute approximate surface area is 99.0 Å². The van der Waals surface area contributed by atoms with E-state index in [1.165, 1.54) is 12.1 Å². The molecule has 0 aliphatic carbocycles. The summed E-state index contributed by atoms with van der Waals surface area (Å²) in [6, 6.07) is 4.45. The minimum atomic E-state index is -2.89. The highest BCUT2D eigenvalue weighted by Crippen LogP contribution is 2.32. The molecule has 0 spiro atoms. The van der Waals surface area contributed by atoms with E-state index in [2.05, 4.69) is 4.74 Å². The number of aliphatic hydroxyl groups excluding tert-OH is 1. The SMILES string of the molecule is CCOc1cc(C(O)CC)ccc1OC(F)F. The van der Waals surface area contributed by atoms with Gasteiger partial charge in [0.15, 0.2) is 11.5 Å². The van der Waals surface area contributed by atoms with Crippen LogP contribution < -0.4 is 9.47 Å². The molecular weight excluding hydrogens is 230 g/mol. The fourth-order valence-corrected chi connectivity index (χ4v) is 1.43. The number of benzene rings is 1. The molecular formula is C12H16F2O3. The van der Waals surface area contributed by atoms with Crippen molar-refractivity contribution in [2.24, 2.45) is 0 Å². The predicted molar refractivity (Wildman–Crippen MR) is 59.5 cm³/mol. The van der Waals surface area contributed by atoms with Crippen molar-refractivity contribution in [3.05, 3.63) is 23.8 Å². The van der Waals surface area contributed by atoms with Crippen molar-refractivity contribution in [1.82, 2.24) is 0 Å². The molecule has 0 radical (unpaired) electrons. The van der Waals surface area contributed by atoms with Crippen molar-refractivity contribution in [3.63, 3.8) is 0 Å². The lowest BCUT2D eigenvalue weighted by Crippen LogP contribution is -2.05. The first-order chi connectivity index (χ1) is 8.08. The minimum Gasteiger partial charge on any atom is -0.490 e. The second-order valence-electron chi connectivity index (χ2n) is 3.44. The van der Waals surface area contributed by atoms with E-state index in [1.807, 2.05) is 6.92 Å². The van der Waals surface area contributed by atoms with E-state index in [0.717, 1.165) is 0 Å². The molecule has 1 N–H and O–H groups in total. The lowest BCUT2D eigenvalue weighted by atomic mass is 10.1. The summed E-state index contributed by atoms with van der Waals surface area (Å²) in [6.07, 6.45) is -0.0875. The van der Waals surface area contributed by atoms with E-state index < -0.39 is 12.7 Å². The highest BCUT2D eigenvalue weighted by atomic mass is 19.3. The van der Waals surface area contributed by atoms with E-state index in [9.17, 15) is 13.9 Å². The smallest absolute Gasteiger partial charge is 0.387 e. The molecule has 3 nitrogen and oxygen atoms in total. The van der Waals surface area contributed by atoms with Gasteiger partial charge in [-0.1, -0.05) is 13.0 Å². The van der Waals surface area contributed by atoms with Crippen LogP contribution in [0.5, 0.6) is 11.5 Å². The summed E-state index contributed by atoms with van der Waals surface area (Å²) in [5.41, 5.74) is 0.623. The molecule has 0 amide bonds. The van der Waals surface area contributed by atoms with Crippen LogP contribution in [0.4, 0.5) is 8.78 Å². The van der Waals surface area contributed by atoms with Gasteiger partial charge in [0.1, 0.15) is 0 Å². The Hall–Kier alpha value is -1.36. The van der Waals surface area contributed by atoms with Gasteiger partial charge < -0.3 is 14.6 Å². The Kier molecular flexibility index (Phi) is 5.15. The van der Waals surface area contributed by atoms with Crippen molar-refractivity contribution in [3.8, 4) is 11.5 Å². The van der Waals surface area contributed by atoms with Crippen molar-refractivity contribution in [2.75, 3.05) is 6.61 Å². The maximum absolute atomic E-state index is 12.1. The van der Waals surface area contributed by atoms with Gasteiger partial charge in [-0.2, -0.15) is 8.78 Å². The van der Waals surface area contributed by atoms with Crippen LogP contribution in [-0.4, -0.2) is 18.3 Å². The van der Waals surface area contributed by atoms with Gasteiger partial charge >= 0.3 is 6.61 Å². The molecule has 1 atom stereocenters. The Morgan fingerprint density at radius 1 is 1.24 bits per heavy atom. The third-order valence-corrected chi connectivity index (χ3v) is 2.26. The standard InChI is InChI=1S/C12H16F2O3/c1-3-9(15)8-5-6-10(17-12(13)14)11(7-8)16-4-2/h5-7,9,12,15H,3-4H2,1-2H3. The Bertz CT molecular complexity index is 356. The quantitative estimate of drug-likeness (QED) is 0.838. The van der Waals surface area contributed by atoms with Gasteiger partial charge in [-0.15, -0.1) is 0 Å². The molecule has 0 saturated carbocycles. The van der Waals surface area contributed by atoms with Crippen molar-refractivity contribution in [1.29, 1.82) is 0 Å². The van der Waals surface area contributed by atoms with Crippen molar-refractivity contribution < 1.29 is 23.4 Å². The number of hydrogen-bond donors (Lipinski definition) is 1. The summed E-state index contributed by atoms with van der Waals surface area (Å²) in [7, 11) is 0. The van der Waals surface area contributed by atoms with Gasteiger partial charge in [0.05, 0.1) is 12.7 Å². The molecule has 1 aromatic rings. The second kappa shape index (κ2) is 6.39. The first-order valence-corrected chi connectivity index (χ1v) is 5.48. The van der Waals surface area contributed by atoms with E-state index in [4.69, 9.17) is 4.74 Å². The van der Waals surface area contributed by atoms with Gasteiger partial charge in [0.25, 0.3) is 0 Å². The zero-order valence-electron chi connectivity index (χ0n) is 9.82. The molecule has 1 rings (SSSR count). The molecule has 0 aromatic heterocycles. The molecule has 0 aliphatic rings. The normalized spacial score (nSPS) is 12.6. The summed E-state index contributed by atoms with van der Waals surface area (Å²) in [5.74, 6) is 0.201. The fraction of sp³-hybridized carbons (Fsp3) is 0.500. The maximum Gasteiger partial charge on any atom is 0.387 e. The number of halogens is 2. The van der Waals surface area contributed by atoms with Crippen molar-refractivity contribution in [2.45, 2.75) is 33.0 Å². The number of hydrogen-bond acceptors (Lipinski definition) is 3. The molecule has 17 heavy (non-hydrogen) atoms. The largest absolute Gasteiger partial charge is 0.490 e. The highest BCUT2D eigenvalue weighted by molar-refractivity contribution is 5.43. The van der Waals surface area contributed by atoms with Crippen LogP contribution in [0.15, 0.2) is 18.2 Å². The number of ether oxygens (including phenoxy) is 2. The minimum absolute atomic E-state index is 0.0195. The van der Waals surface area contributed by atoms with E-state index in [0.29, 0.717) is 18.6 Å². The van der Waals surface area contributed by atoms with E-state index in [1.54, 1.807) is 13.0 Å². The van der Waals surface area contributed by atoms with E-state index >= 15 is 0 Å². The third kappa shape index (κ3) is 3.85. The number of alkyl halides is 2. The van der Waals surface area contributed by atoms with Crippen LogP contribution in [0, 0.1) is 0 Å². The number of aliphatic hydroxyl groups is 1. The molecule has 0 saturated heterocycles. The maximum atomic E-state index is 12.1. The zero-order valence-corrected chi connectivity index (χ0v) is 9.82. The predicted octanol–water partition coefficient (Wildman–Crippen LogP) is 3.13. The average molecular weight is 246 g/mol. The van der Waals surface area contributed by atoms with Gasteiger partial charge in [-0.25, -0.2) is 0 Å². The van der Waals surface area contributed by atoms with Crippen LogP contribution in [0.3, 0.4) is 0 Å². The first-order valence-electron chi connectivity index (χ1n) is 5.48. The molecule has 0 fully saturated rings. The van der Waals surface area contributed by atoms with Gasteiger partial charge in [-0.3, -0.25) is 0 Å². The highest BCUT2D eigenvalue weighted by Gasteiger charge is 2.13. The van der Waals surface area contributed by atoms with Crippen LogP contribution in [0.25, 0.3) is 0 Å². The molecule has 1 unspecified atom stereocenters. The van der Waals surface area contributed by atoms with Crippen LogP contribution in [-0.2, 0) is 0 Å². The van der Waals surface area contributed by atoms with Crippen LogP contribution in [0.1, 0.15) is 31.9 Å². The zero-order chi connectivity index (χ0) is 12.8. The Morgan fingerprint density at radius 3 is 2.47 bits per heavy atom. The Balaban J connectivity index is 2.98. The summed E-state index contributed by atoms with van der Waals surface area (Å²) in [6.45, 7) is 1.02. The van der Waals surface area contributed by atoms with Gasteiger partial charge in [-0.05, 0) is 31.0 Å². The third-order valence-electron chi connectivity index (χ3n) is 2.26. The van der Waals surface area contributed by atoms with E-state index in [-0.39, 0.29) is 11.5 Å². The van der Waals surface area contributed by atoms with Crippen LogP contribution >= 0.6 is 0 Å². The monoisotopic (exact) mass is 246 g/mol. The topological polar surface area (TPSA) is 38.7 Å². The Morgan fingerprint density at radius 2 is 1.94 bits per heavy atom. The van der Waals surface area contributed by atoms with Gasteiger partial charge in [0, 0.05) is 0 Å². The first kappa shape index (κ1) is 13.7. The van der Waals surface area contributed by atoms with Crippen LogP contribution in [0.2, 0.25) is 0 Å². The molecule has 1 aromatic carbocycles. The summed E-state index contributed by atoms with van der Waals surface area (Å²) < 4.78 is 33.8. The van der Waals surface area contributed by atoms with Crippen molar-refractivity contribution >= 4 is 0 Å². The summed E-state index contributed by atoms with van der Waals surface area (Å²) >= 11 is 0. The summed E-state index contributed by atoms with van der Waals surface area (Å²) in [4.78, 5) is 0. The average Bonchev–Trinajstić information content (AvgIpc) is 2.30. The molecule has 0 bridgehead atoms. The molecule has 0 heterocycles. The lowest BCUT2D eigenvalue weighted by molar-refractivity contribution is -0.0514.